The summed E-state index contributed by atoms with van der Waals surface area (Å²) in [5, 5.41) is 5.94. The lowest BCUT2D eigenvalue weighted by Crippen LogP contribution is -2.48. The SMILES string of the molecule is C=N/C=C1/C=CC(C)CN=C1N.CC1CCCC1.CN.CNC(=O)C(CCC=O)N(C)Cc1c(C=O)cccc1NCC(=O)N1CCC2(CCN(Sc3ccc(C)cc3)CC2)CC1. The van der Waals surface area contributed by atoms with Gasteiger partial charge in [0.05, 0.1) is 12.6 Å². The number of likely N-dealkylation sites (tertiary alicyclic amines) is 1. The van der Waals surface area contributed by atoms with Gasteiger partial charge in [-0.3, -0.25) is 29.3 Å². The van der Waals surface area contributed by atoms with Crippen molar-refractivity contribution >= 4 is 54.6 Å². The first-order valence-electron chi connectivity index (χ1n) is 22.6. The van der Waals surface area contributed by atoms with Crippen LogP contribution >= 0.6 is 11.9 Å². The highest BCUT2D eigenvalue weighted by Crippen LogP contribution is 2.43. The second-order valence-corrected chi connectivity index (χ2v) is 18.2. The summed E-state index contributed by atoms with van der Waals surface area (Å²) in [4.78, 5) is 61.5. The summed E-state index contributed by atoms with van der Waals surface area (Å²) in [6.45, 7) is 14.8. The van der Waals surface area contributed by atoms with Crippen LogP contribution in [0, 0.1) is 24.2 Å². The number of hydrogen-bond donors (Lipinski definition) is 4. The third kappa shape index (κ3) is 17.5. The number of amidine groups is 1. The Morgan fingerprint density at radius 3 is 2.25 bits per heavy atom. The van der Waals surface area contributed by atoms with Gasteiger partial charge in [0.15, 0.2) is 0 Å². The van der Waals surface area contributed by atoms with Gasteiger partial charge in [-0.05, 0) is 113 Å². The van der Waals surface area contributed by atoms with E-state index < -0.39 is 6.04 Å². The fourth-order valence-electron chi connectivity index (χ4n) is 8.26. The lowest BCUT2D eigenvalue weighted by molar-refractivity contribution is -0.132. The normalized spacial score (nSPS) is 19.5. The molecule has 3 aliphatic heterocycles. The van der Waals surface area contributed by atoms with Crippen molar-refractivity contribution in [1.82, 2.24) is 19.4 Å². The molecule has 0 radical (unpaired) electrons. The van der Waals surface area contributed by atoms with E-state index in [2.05, 4.69) is 88.5 Å². The predicted molar refractivity (Wildman–Crippen MR) is 261 cm³/mol. The Hall–Kier alpha value is -4.63. The molecule has 2 amide bonds. The summed E-state index contributed by atoms with van der Waals surface area (Å²) in [5.74, 6) is 1.90. The number of hydrogen-bond acceptors (Lipinski definition) is 12. The molecule has 2 unspecified atom stereocenters. The first-order valence-corrected chi connectivity index (χ1v) is 23.3. The number of aryl methyl sites for hydroxylation is 1. The van der Waals surface area contributed by atoms with Gasteiger partial charge >= 0.3 is 0 Å². The van der Waals surface area contributed by atoms with Crippen LogP contribution in [0.15, 0.2) is 81.3 Å². The molecule has 346 valence electrons. The first-order chi connectivity index (χ1) is 30.4. The smallest absolute Gasteiger partial charge is 0.241 e. The Bertz CT molecular complexity index is 1830. The standard InChI is InChI=1S/C33H45N5O4S.C9H13N3.C6H12.CH5N/c1-25-9-11-27(12-10-25)43-38-19-15-33(16-20-38)13-17-37(18-14-33)31(41)22-35-29-7-4-6-26(24-40)28(29)23-36(3)30(8-5-21-39)32(42)34-2;1-7-3-4-8(6-11-2)9(10)12-5-7;1-6-4-2-3-5-6;1-2/h4,6-7,9-12,21,24,30,35H,5,8,13-20,22-23H2,1-3H3,(H,34,42);3-4,6-7H,2,5H2,1H3,(H2,10,12);6H,2-5H2,1H3;2H2,1H3/b;8-6-;;. The zero-order chi connectivity index (χ0) is 46.2. The van der Waals surface area contributed by atoms with Gasteiger partial charge in [0.2, 0.25) is 11.8 Å². The predicted octanol–water partition coefficient (Wildman–Crippen LogP) is 7.06. The Kier molecular flexibility index (Phi) is 23.6. The van der Waals surface area contributed by atoms with Gasteiger partial charge in [0.25, 0.3) is 0 Å². The number of benzene rings is 2. The van der Waals surface area contributed by atoms with Crippen molar-refractivity contribution in [2.24, 2.45) is 38.7 Å². The number of piperidine rings is 2. The molecule has 2 aromatic rings. The summed E-state index contributed by atoms with van der Waals surface area (Å²) in [6, 6.07) is 13.6. The van der Waals surface area contributed by atoms with Crippen molar-refractivity contribution in [3.05, 3.63) is 83.1 Å². The summed E-state index contributed by atoms with van der Waals surface area (Å²) in [5.41, 5.74) is 14.5. The van der Waals surface area contributed by atoms with E-state index in [4.69, 9.17) is 5.73 Å². The van der Waals surface area contributed by atoms with Gasteiger partial charge in [-0.1, -0.05) is 81.5 Å². The third-order valence-electron chi connectivity index (χ3n) is 12.4. The number of rotatable bonds is 14. The summed E-state index contributed by atoms with van der Waals surface area (Å²) in [7, 11) is 4.87. The van der Waals surface area contributed by atoms with Gasteiger partial charge in [-0.15, -0.1) is 0 Å². The summed E-state index contributed by atoms with van der Waals surface area (Å²) < 4.78 is 2.47. The molecule has 14 heteroatoms. The van der Waals surface area contributed by atoms with Crippen LogP contribution < -0.4 is 22.1 Å². The highest BCUT2D eigenvalue weighted by atomic mass is 32.2. The fourth-order valence-corrected chi connectivity index (χ4v) is 9.18. The number of carbonyl (C=O) groups is 4. The van der Waals surface area contributed by atoms with Crippen LogP contribution in [0.3, 0.4) is 0 Å². The van der Waals surface area contributed by atoms with E-state index >= 15 is 0 Å². The van der Waals surface area contributed by atoms with Crippen LogP contribution in [0.1, 0.15) is 99.5 Å². The van der Waals surface area contributed by atoms with Crippen LogP contribution in [0.5, 0.6) is 0 Å². The molecule has 0 bridgehead atoms. The lowest BCUT2D eigenvalue weighted by atomic mass is 9.71. The topological polar surface area (TPSA) is 179 Å². The van der Waals surface area contributed by atoms with Crippen molar-refractivity contribution in [1.29, 1.82) is 0 Å². The first kappa shape index (κ1) is 52.7. The van der Waals surface area contributed by atoms with E-state index in [0.717, 1.165) is 88.0 Å². The quantitative estimate of drug-likeness (QED) is 0.0872. The van der Waals surface area contributed by atoms with Crippen molar-refractivity contribution in [2.75, 3.05) is 65.7 Å². The van der Waals surface area contributed by atoms with Gasteiger partial charge in [-0.2, -0.15) is 0 Å². The Morgan fingerprint density at radius 2 is 1.68 bits per heavy atom. The average Bonchev–Trinajstić information content (AvgIpc) is 3.73. The van der Waals surface area contributed by atoms with Crippen LogP contribution in [0.4, 0.5) is 5.69 Å². The molecular formula is C49H75N9O4S. The molecule has 1 saturated carbocycles. The van der Waals surface area contributed by atoms with Crippen LogP contribution in [0.25, 0.3) is 0 Å². The molecule has 4 aliphatic rings. The number of aldehydes is 2. The maximum absolute atomic E-state index is 13.3. The Balaban J connectivity index is 0.000000432. The van der Waals surface area contributed by atoms with Crippen LogP contribution in [0.2, 0.25) is 0 Å². The molecule has 0 aromatic heterocycles. The van der Waals surface area contributed by atoms with Crippen molar-refractivity contribution in [3.8, 4) is 0 Å². The maximum atomic E-state index is 13.3. The van der Waals surface area contributed by atoms with E-state index in [0.29, 0.717) is 41.4 Å². The van der Waals surface area contributed by atoms with Gasteiger partial charge < -0.3 is 31.8 Å². The second kappa shape index (κ2) is 28.2. The van der Waals surface area contributed by atoms with Gasteiger partial charge in [-0.25, -0.2) is 4.31 Å². The fraction of sp³-hybridized carbons (Fsp3) is 0.551. The molecule has 1 aliphatic carbocycles. The molecule has 1 spiro atoms. The number of amides is 2. The van der Waals surface area contributed by atoms with Gasteiger partial charge in [0.1, 0.15) is 18.4 Å². The molecule has 3 heterocycles. The monoisotopic (exact) mass is 886 g/mol. The number of anilines is 1. The van der Waals surface area contributed by atoms with Crippen LogP contribution in [-0.4, -0.2) is 117 Å². The largest absolute Gasteiger partial charge is 0.383 e. The highest BCUT2D eigenvalue weighted by molar-refractivity contribution is 7.97. The number of nitrogens with one attached hydrogen (secondary N) is 2. The minimum absolute atomic E-state index is 0.0484. The molecule has 2 aromatic carbocycles. The number of nitrogens with zero attached hydrogens (tertiary/aromatic N) is 5. The third-order valence-corrected chi connectivity index (χ3v) is 13.5. The number of nitrogens with two attached hydrogens (primary N) is 2. The molecule has 2 atom stereocenters. The Morgan fingerprint density at radius 1 is 1.03 bits per heavy atom. The molecule has 13 nitrogen and oxygen atoms in total. The number of likely N-dealkylation sites (N-methyl/N-ethyl adjacent to an activating group) is 2. The van der Waals surface area contributed by atoms with E-state index in [9.17, 15) is 19.2 Å². The summed E-state index contributed by atoms with van der Waals surface area (Å²) in [6.07, 6.45) is 18.2. The van der Waals surface area contributed by atoms with Crippen molar-refractivity contribution in [2.45, 2.75) is 102 Å². The molecule has 6 rings (SSSR count). The minimum Gasteiger partial charge on any atom is -0.383 e. The van der Waals surface area contributed by atoms with E-state index in [1.54, 1.807) is 32.4 Å². The van der Waals surface area contributed by atoms with E-state index in [1.807, 2.05) is 33.9 Å². The van der Waals surface area contributed by atoms with E-state index in [-0.39, 0.29) is 24.8 Å². The van der Waals surface area contributed by atoms with Crippen molar-refractivity contribution in [3.63, 3.8) is 0 Å². The molecule has 63 heavy (non-hydrogen) atoms. The molecule has 6 N–H and O–H groups in total. The maximum Gasteiger partial charge on any atom is 0.241 e. The average molecular weight is 886 g/mol. The van der Waals surface area contributed by atoms with Gasteiger partial charge in [0, 0.05) is 80.7 Å². The molecular weight excluding hydrogens is 811 g/mol. The zero-order valence-electron chi connectivity index (χ0n) is 38.8. The summed E-state index contributed by atoms with van der Waals surface area (Å²) >= 11 is 1.85. The second-order valence-electron chi connectivity index (χ2n) is 17.1. The zero-order valence-corrected chi connectivity index (χ0v) is 39.6. The molecule has 2 saturated heterocycles. The number of aliphatic imine (C=N–C) groups is 2. The van der Waals surface area contributed by atoms with Crippen molar-refractivity contribution < 1.29 is 19.2 Å². The van der Waals surface area contributed by atoms with Crippen LogP contribution in [-0.2, 0) is 20.9 Å². The molecule has 3 fully saturated rings. The van der Waals surface area contributed by atoms with E-state index in [1.165, 1.54) is 43.2 Å². The Labute approximate surface area is 381 Å². The highest BCUT2D eigenvalue weighted by Gasteiger charge is 2.38. The minimum atomic E-state index is -0.516. The lowest BCUT2D eigenvalue weighted by Gasteiger charge is -2.46. The number of carbonyl (C=O) groups excluding carboxylic acids is 4.